The van der Waals surface area contributed by atoms with Crippen LogP contribution in [0.2, 0.25) is 5.02 Å². The van der Waals surface area contributed by atoms with Gasteiger partial charge in [-0.25, -0.2) is 14.4 Å². The number of nitrogens with zero attached hydrogens (tertiary/aromatic N) is 4. The molecule has 0 radical (unpaired) electrons. The molecule has 0 saturated carbocycles. The van der Waals surface area contributed by atoms with Crippen molar-refractivity contribution < 1.29 is 18.7 Å². The van der Waals surface area contributed by atoms with E-state index in [1.54, 1.807) is 36.0 Å². The largest absolute Gasteiger partial charge is 0.473 e. The van der Waals surface area contributed by atoms with Crippen LogP contribution in [0.3, 0.4) is 0 Å². The number of benzene rings is 3. The zero-order chi connectivity index (χ0) is 38.6. The fraction of sp³-hybridized carbons (Fsp3) is 0.375. The maximum atomic E-state index is 14.1. The average Bonchev–Trinajstić information content (AvgIpc) is 3.48. The number of nitrogens with one attached hydrogen (secondary N) is 2. The third-order valence-corrected chi connectivity index (χ3v) is 10.4. The Bertz CT molecular complexity index is 1980. The Morgan fingerprint density at radius 3 is 2.57 bits per heavy atom. The van der Waals surface area contributed by atoms with Gasteiger partial charge in [-0.2, -0.15) is 0 Å². The number of carbonyl (C=O) groups is 1. The number of fused-ring (bicyclic) bond motifs is 1. The normalized spacial score (nSPS) is 14.0. The van der Waals surface area contributed by atoms with Crippen molar-refractivity contribution >= 4 is 57.9 Å². The number of thioether (sulfide) groups is 1. The van der Waals surface area contributed by atoms with E-state index < -0.39 is 0 Å². The van der Waals surface area contributed by atoms with Crippen molar-refractivity contribution in [3.63, 3.8) is 0 Å². The molecule has 0 spiro atoms. The minimum Gasteiger partial charge on any atom is -0.473 e. The number of carbonyl (C=O) groups excluding carboxylic acids is 1. The van der Waals surface area contributed by atoms with Gasteiger partial charge >= 0.3 is 0 Å². The van der Waals surface area contributed by atoms with Crippen molar-refractivity contribution in [3.05, 3.63) is 106 Å². The van der Waals surface area contributed by atoms with Crippen molar-refractivity contribution in [2.45, 2.75) is 71.1 Å². The second kappa shape index (κ2) is 19.8. The summed E-state index contributed by atoms with van der Waals surface area (Å²) in [4.78, 5) is 22.5. The first-order chi connectivity index (χ1) is 26.1. The highest BCUT2D eigenvalue weighted by Gasteiger charge is 2.24. The number of rotatable bonds is 15. The molecule has 1 aliphatic rings. The Labute approximate surface area is 325 Å². The molecule has 1 atom stereocenters. The van der Waals surface area contributed by atoms with E-state index in [2.05, 4.69) is 64.6 Å². The van der Waals surface area contributed by atoms with E-state index in [9.17, 15) is 9.18 Å². The first kappa shape index (κ1) is 40.8. The molecular formula is C40H50ClFN8O3S. The van der Waals surface area contributed by atoms with Crippen molar-refractivity contribution in [1.29, 1.82) is 0 Å². The van der Waals surface area contributed by atoms with E-state index in [0.29, 0.717) is 45.9 Å². The first-order valence-corrected chi connectivity index (χ1v) is 19.7. The van der Waals surface area contributed by atoms with Crippen LogP contribution in [0.4, 0.5) is 21.5 Å². The zero-order valence-corrected chi connectivity index (χ0v) is 32.9. The summed E-state index contributed by atoms with van der Waals surface area (Å²) < 4.78 is 28.4. The van der Waals surface area contributed by atoms with Crippen LogP contribution < -0.4 is 27.1 Å². The van der Waals surface area contributed by atoms with Gasteiger partial charge < -0.3 is 30.5 Å². The lowest BCUT2D eigenvalue weighted by atomic mass is 9.93. The number of nitrogens with two attached hydrogens (primary N) is 2. The SMILES string of the molecule is CCCOC(Cn1c(CN2CCC(c3cccc(OCc4ccc(Cl)cc4F)n3)CC2)nc2cc(C)ccc21)SC.Cc1cc(NC=O)cc(N)c1NN. The molecule has 54 heavy (non-hydrogen) atoms. The summed E-state index contributed by atoms with van der Waals surface area (Å²) in [5.74, 6) is 6.84. The van der Waals surface area contributed by atoms with E-state index in [1.165, 1.54) is 17.1 Å². The van der Waals surface area contributed by atoms with Crippen LogP contribution in [0, 0.1) is 19.7 Å². The number of aryl methyl sites for hydroxylation is 2. The molecule has 288 valence electrons. The molecule has 6 rings (SSSR count). The van der Waals surface area contributed by atoms with E-state index in [4.69, 9.17) is 42.6 Å². The number of halogens is 2. The molecular weight excluding hydrogens is 727 g/mol. The van der Waals surface area contributed by atoms with Crippen LogP contribution in [-0.4, -0.2) is 57.2 Å². The van der Waals surface area contributed by atoms with Gasteiger partial charge in [0.05, 0.1) is 35.5 Å². The fourth-order valence-electron chi connectivity index (χ4n) is 6.49. The number of aromatic nitrogens is 3. The summed E-state index contributed by atoms with van der Waals surface area (Å²) in [6, 6.07) is 20.4. The summed E-state index contributed by atoms with van der Waals surface area (Å²) in [6.07, 6.45) is 5.73. The smallest absolute Gasteiger partial charge is 0.213 e. The van der Waals surface area contributed by atoms with Gasteiger partial charge in [-0.15, -0.1) is 11.8 Å². The van der Waals surface area contributed by atoms with Crippen LogP contribution in [0.25, 0.3) is 11.0 Å². The molecule has 1 fully saturated rings. The van der Waals surface area contributed by atoms with Crippen LogP contribution in [0.5, 0.6) is 5.88 Å². The van der Waals surface area contributed by atoms with Crippen molar-refractivity contribution in [2.75, 3.05) is 42.4 Å². The van der Waals surface area contributed by atoms with Crippen LogP contribution in [0.1, 0.15) is 60.3 Å². The number of likely N-dealkylation sites (tertiary alicyclic amines) is 1. The van der Waals surface area contributed by atoms with Crippen LogP contribution >= 0.6 is 23.4 Å². The van der Waals surface area contributed by atoms with Gasteiger partial charge in [0.2, 0.25) is 12.3 Å². The minimum atomic E-state index is -0.373. The fourth-order valence-corrected chi connectivity index (χ4v) is 7.18. The zero-order valence-electron chi connectivity index (χ0n) is 31.3. The van der Waals surface area contributed by atoms with E-state index in [-0.39, 0.29) is 17.9 Å². The molecule has 0 bridgehead atoms. The highest BCUT2D eigenvalue weighted by Crippen LogP contribution is 2.30. The predicted octanol–water partition coefficient (Wildman–Crippen LogP) is 8.04. The number of hydrazine groups is 1. The summed E-state index contributed by atoms with van der Waals surface area (Å²) in [5.41, 5.74) is 15.9. The summed E-state index contributed by atoms with van der Waals surface area (Å²) in [7, 11) is 0. The number of hydrogen-bond acceptors (Lipinski definition) is 10. The average molecular weight is 777 g/mol. The summed E-state index contributed by atoms with van der Waals surface area (Å²) in [5, 5.41) is 2.88. The molecule has 1 unspecified atom stereocenters. The summed E-state index contributed by atoms with van der Waals surface area (Å²) in [6.45, 7) is 10.5. The number of anilines is 3. The van der Waals surface area contributed by atoms with E-state index in [1.807, 2.05) is 19.1 Å². The Morgan fingerprint density at radius 1 is 1.09 bits per heavy atom. The predicted molar refractivity (Wildman–Crippen MR) is 218 cm³/mol. The lowest BCUT2D eigenvalue weighted by Gasteiger charge is -2.31. The first-order valence-electron chi connectivity index (χ1n) is 18.0. The van der Waals surface area contributed by atoms with Gasteiger partial charge in [-0.05, 0) is 106 Å². The molecule has 14 heteroatoms. The highest BCUT2D eigenvalue weighted by molar-refractivity contribution is 7.99. The Hall–Kier alpha value is -4.40. The standard InChI is InChI=1S/C32H38ClFN4O2S.C8H12N4O/c1-4-16-39-32(41-3)20-38-29-11-8-22(2)17-28(29)35-30(38)19-37-14-12-23(13-15-37)27-6-5-7-31(36-27)40-21-24-9-10-25(33)18-26(24)34;1-5-2-6(11-4-13)3-7(9)8(5)12-10/h5-11,17-18,23,32H,4,12-16,19-21H2,1-3H3;2-4,12H,9-10H2,1H3,(H,11,13). The van der Waals surface area contributed by atoms with E-state index >= 15 is 0 Å². The van der Waals surface area contributed by atoms with Gasteiger partial charge in [0.25, 0.3) is 0 Å². The molecule has 5 aromatic rings. The molecule has 0 aliphatic carbocycles. The Morgan fingerprint density at radius 2 is 1.89 bits per heavy atom. The number of hydrogen-bond donors (Lipinski definition) is 4. The quantitative estimate of drug-likeness (QED) is 0.0271. The Kier molecular flexibility index (Phi) is 14.9. The third kappa shape index (κ3) is 10.9. The number of pyridine rings is 1. The Balaban J connectivity index is 0.000000365. The van der Waals surface area contributed by atoms with Crippen LogP contribution in [0.15, 0.2) is 66.7 Å². The maximum Gasteiger partial charge on any atom is 0.213 e. The van der Waals surface area contributed by atoms with E-state index in [0.717, 1.165) is 74.6 Å². The molecule has 3 aromatic carbocycles. The van der Waals surface area contributed by atoms with Gasteiger partial charge in [0.1, 0.15) is 23.7 Å². The van der Waals surface area contributed by atoms with Crippen molar-refractivity contribution in [1.82, 2.24) is 19.4 Å². The number of ether oxygens (including phenoxy) is 2. The monoisotopic (exact) mass is 776 g/mol. The molecule has 1 saturated heterocycles. The number of piperidine rings is 1. The molecule has 6 N–H and O–H groups in total. The minimum absolute atomic E-state index is 0.0925. The second-order valence-electron chi connectivity index (χ2n) is 13.3. The third-order valence-electron chi connectivity index (χ3n) is 9.33. The summed E-state index contributed by atoms with van der Waals surface area (Å²) >= 11 is 7.61. The highest BCUT2D eigenvalue weighted by atomic mass is 35.5. The maximum absolute atomic E-state index is 14.1. The lowest BCUT2D eigenvalue weighted by Crippen LogP contribution is -2.34. The van der Waals surface area contributed by atoms with Gasteiger partial charge in [-0.3, -0.25) is 15.5 Å². The van der Waals surface area contributed by atoms with Crippen molar-refractivity contribution in [2.24, 2.45) is 5.84 Å². The molecule has 1 aliphatic heterocycles. The number of amides is 1. The number of imidazole rings is 1. The van der Waals surface area contributed by atoms with Gasteiger partial charge in [-0.1, -0.05) is 36.7 Å². The van der Waals surface area contributed by atoms with Gasteiger partial charge in [0, 0.05) is 40.6 Å². The van der Waals surface area contributed by atoms with Crippen molar-refractivity contribution in [3.8, 4) is 5.88 Å². The number of nitrogen functional groups attached to an aromatic ring is 2. The molecule has 1 amide bonds. The topological polar surface area (TPSA) is 146 Å². The van der Waals surface area contributed by atoms with Gasteiger partial charge in [0.15, 0.2) is 0 Å². The lowest BCUT2D eigenvalue weighted by molar-refractivity contribution is -0.105. The second-order valence-corrected chi connectivity index (χ2v) is 14.7. The molecule has 11 nitrogen and oxygen atoms in total. The van der Waals surface area contributed by atoms with Crippen LogP contribution in [-0.2, 0) is 29.2 Å². The molecule has 3 heterocycles. The molecule has 2 aromatic heterocycles.